The average Bonchev–Trinajstić information content (AvgIpc) is 3.09. The molecule has 10 heteroatoms. The first-order valence-electron chi connectivity index (χ1n) is 11.3. The Morgan fingerprint density at radius 1 is 1.17 bits per heavy atom. The van der Waals surface area contributed by atoms with E-state index < -0.39 is 15.9 Å². The zero-order chi connectivity index (χ0) is 25.2. The van der Waals surface area contributed by atoms with Gasteiger partial charge in [-0.2, -0.15) is 8.42 Å². The number of rotatable bonds is 7. The third-order valence-electron chi connectivity index (χ3n) is 5.95. The number of carbonyl (C=O) groups is 1. The minimum absolute atomic E-state index is 0.202. The van der Waals surface area contributed by atoms with Crippen molar-refractivity contribution in [1.29, 1.82) is 0 Å². The highest BCUT2D eigenvalue weighted by Crippen LogP contribution is 2.37. The van der Waals surface area contributed by atoms with Crippen LogP contribution in [0.1, 0.15) is 43.1 Å². The number of sulfonamides is 1. The first kappa shape index (κ1) is 24.9. The zero-order valence-electron chi connectivity index (χ0n) is 19.8. The summed E-state index contributed by atoms with van der Waals surface area (Å²) >= 11 is 6.02. The van der Waals surface area contributed by atoms with E-state index in [1.165, 1.54) is 6.07 Å². The van der Waals surface area contributed by atoms with Crippen LogP contribution >= 0.6 is 11.6 Å². The number of hydrogen-bond donors (Lipinski definition) is 2. The van der Waals surface area contributed by atoms with E-state index in [1.54, 1.807) is 36.5 Å². The van der Waals surface area contributed by atoms with E-state index in [0.29, 0.717) is 29.1 Å². The molecule has 3 heterocycles. The van der Waals surface area contributed by atoms with Gasteiger partial charge in [0, 0.05) is 29.8 Å². The number of aromatic nitrogens is 2. The first-order valence-corrected chi connectivity index (χ1v) is 13.2. The van der Waals surface area contributed by atoms with E-state index >= 15 is 0 Å². The van der Waals surface area contributed by atoms with Crippen LogP contribution in [-0.2, 0) is 16.6 Å². The van der Waals surface area contributed by atoms with Gasteiger partial charge in [0.2, 0.25) is 0 Å². The maximum atomic E-state index is 13.1. The Kier molecular flexibility index (Phi) is 7.00. The number of benzene rings is 1. The predicted octanol–water partition coefficient (Wildman–Crippen LogP) is 4.49. The predicted molar refractivity (Wildman–Crippen MR) is 137 cm³/mol. The highest BCUT2D eigenvalue weighted by Gasteiger charge is 2.39. The van der Waals surface area contributed by atoms with Crippen molar-refractivity contribution in [2.75, 3.05) is 16.8 Å². The molecule has 184 valence electrons. The summed E-state index contributed by atoms with van der Waals surface area (Å²) in [6.07, 6.45) is 2.55. The highest BCUT2D eigenvalue weighted by atomic mass is 35.5. The van der Waals surface area contributed by atoms with E-state index in [0.717, 1.165) is 18.5 Å². The molecule has 1 aliphatic rings. The van der Waals surface area contributed by atoms with Crippen molar-refractivity contribution in [2.45, 2.75) is 44.3 Å². The fourth-order valence-corrected chi connectivity index (χ4v) is 5.63. The Balaban J connectivity index is 1.52. The Morgan fingerprint density at radius 2 is 1.94 bits per heavy atom. The molecule has 1 fully saturated rings. The Labute approximate surface area is 210 Å². The fourth-order valence-electron chi connectivity index (χ4n) is 4.48. The number of carbonyl (C=O) groups excluding carboxylic acids is 1. The summed E-state index contributed by atoms with van der Waals surface area (Å²) in [5, 5.41) is 3.43. The van der Waals surface area contributed by atoms with Gasteiger partial charge in [-0.1, -0.05) is 36.7 Å². The lowest BCUT2D eigenvalue weighted by atomic mass is 9.97. The largest absolute Gasteiger partial charge is 0.366 e. The summed E-state index contributed by atoms with van der Waals surface area (Å²) in [7, 11) is -4.22. The molecular weight excluding hydrogens is 486 g/mol. The first-order chi connectivity index (χ1) is 16.5. The molecule has 0 saturated carbocycles. The average molecular weight is 514 g/mol. The topological polar surface area (TPSA) is 104 Å². The molecule has 2 N–H and O–H groups in total. The van der Waals surface area contributed by atoms with Crippen LogP contribution < -0.4 is 14.9 Å². The summed E-state index contributed by atoms with van der Waals surface area (Å²) < 4.78 is 28.2. The molecule has 8 nitrogen and oxygen atoms in total. The molecule has 1 aliphatic heterocycles. The normalized spacial score (nSPS) is 17.3. The summed E-state index contributed by atoms with van der Waals surface area (Å²) in [6.45, 7) is 7.48. The summed E-state index contributed by atoms with van der Waals surface area (Å²) in [5.74, 6) is 0.509. The van der Waals surface area contributed by atoms with E-state index in [9.17, 15) is 13.2 Å². The Hall–Kier alpha value is -3.17. The lowest BCUT2D eigenvalue weighted by molar-refractivity contribution is 0.0981. The van der Waals surface area contributed by atoms with Crippen LogP contribution in [-0.4, -0.2) is 36.4 Å². The number of nitrogens with zero attached hydrogens (tertiary/aromatic N) is 3. The minimum atomic E-state index is -4.22. The van der Waals surface area contributed by atoms with Crippen molar-refractivity contribution in [2.24, 2.45) is 5.92 Å². The second-order valence-electron chi connectivity index (χ2n) is 9.39. The Morgan fingerprint density at radius 3 is 2.66 bits per heavy atom. The van der Waals surface area contributed by atoms with Gasteiger partial charge in [-0.15, -0.1) is 0 Å². The van der Waals surface area contributed by atoms with Crippen molar-refractivity contribution < 1.29 is 13.2 Å². The highest BCUT2D eigenvalue weighted by molar-refractivity contribution is 7.90. The summed E-state index contributed by atoms with van der Waals surface area (Å²) in [5.41, 5.74) is 0.921. The van der Waals surface area contributed by atoms with Crippen LogP contribution in [0.5, 0.6) is 0 Å². The van der Waals surface area contributed by atoms with Crippen molar-refractivity contribution in [1.82, 2.24) is 14.7 Å². The molecule has 1 unspecified atom stereocenters. The van der Waals surface area contributed by atoms with Gasteiger partial charge in [-0.3, -0.25) is 4.79 Å². The summed E-state index contributed by atoms with van der Waals surface area (Å²) in [6, 6.07) is 15.1. The molecule has 4 rings (SSSR count). The summed E-state index contributed by atoms with van der Waals surface area (Å²) in [4.78, 5) is 23.8. The number of anilines is 2. The lowest BCUT2D eigenvalue weighted by Gasteiger charge is -2.33. The number of halogens is 1. The van der Waals surface area contributed by atoms with E-state index in [2.05, 4.69) is 45.7 Å². The van der Waals surface area contributed by atoms with E-state index in [-0.39, 0.29) is 16.1 Å². The molecule has 1 atom stereocenters. The fraction of sp³-hybridized carbons (Fsp3) is 0.320. The van der Waals surface area contributed by atoms with Gasteiger partial charge in [-0.25, -0.2) is 14.7 Å². The number of amides is 1. The van der Waals surface area contributed by atoms with Crippen LogP contribution in [0.25, 0.3) is 0 Å². The number of nitrogens with one attached hydrogen (secondary N) is 2. The molecule has 0 spiro atoms. The van der Waals surface area contributed by atoms with Gasteiger partial charge in [0.1, 0.15) is 11.6 Å². The van der Waals surface area contributed by atoms with Gasteiger partial charge in [0.05, 0.1) is 5.56 Å². The van der Waals surface area contributed by atoms with E-state index in [1.807, 2.05) is 18.2 Å². The molecule has 0 radical (unpaired) electrons. The molecular formula is C25H28ClN5O3S. The molecule has 1 aromatic carbocycles. The third kappa shape index (κ3) is 5.74. The smallest absolute Gasteiger partial charge is 0.281 e. The van der Waals surface area contributed by atoms with Crippen LogP contribution in [0, 0.1) is 5.92 Å². The lowest BCUT2D eigenvalue weighted by Crippen LogP contribution is -2.41. The molecule has 1 saturated heterocycles. The van der Waals surface area contributed by atoms with Gasteiger partial charge in [0.25, 0.3) is 15.9 Å². The van der Waals surface area contributed by atoms with Crippen molar-refractivity contribution >= 4 is 39.2 Å². The number of pyridine rings is 2. The second-order valence-corrected chi connectivity index (χ2v) is 11.5. The van der Waals surface area contributed by atoms with Gasteiger partial charge in [0.15, 0.2) is 5.03 Å². The van der Waals surface area contributed by atoms with Crippen molar-refractivity contribution in [3.63, 3.8) is 0 Å². The van der Waals surface area contributed by atoms with Gasteiger partial charge in [-0.05, 0) is 68.1 Å². The van der Waals surface area contributed by atoms with Crippen LogP contribution in [0.2, 0.25) is 5.02 Å². The third-order valence-corrected chi connectivity index (χ3v) is 7.42. The standard InChI is InChI=1S/C25H28ClN5O3S/c1-17-14-25(2,3)31(16-17)23-20(9-6-12-27-23)24(32)30-35(33,34)22-11-5-10-21(29-22)28-15-18-7-4-8-19(26)13-18/h4-13,17H,14-16H2,1-3H3,(H,28,29)(H,30,32). The maximum Gasteiger partial charge on any atom is 0.281 e. The molecule has 0 aliphatic carbocycles. The quantitative estimate of drug-likeness (QED) is 0.479. The second kappa shape index (κ2) is 9.83. The SMILES string of the molecule is CC1CN(c2ncccc2C(=O)NS(=O)(=O)c2cccc(NCc3cccc(Cl)c3)n2)C(C)(C)C1. The molecule has 0 bridgehead atoms. The molecule has 1 amide bonds. The van der Waals surface area contributed by atoms with Crippen molar-refractivity contribution in [3.05, 3.63) is 76.9 Å². The zero-order valence-corrected chi connectivity index (χ0v) is 21.4. The van der Waals surface area contributed by atoms with Crippen molar-refractivity contribution in [3.8, 4) is 0 Å². The maximum absolute atomic E-state index is 13.1. The van der Waals surface area contributed by atoms with Gasteiger partial charge >= 0.3 is 0 Å². The van der Waals surface area contributed by atoms with E-state index in [4.69, 9.17) is 11.6 Å². The monoisotopic (exact) mass is 513 g/mol. The minimum Gasteiger partial charge on any atom is -0.366 e. The molecule has 3 aromatic rings. The van der Waals surface area contributed by atoms with Crippen LogP contribution in [0.15, 0.2) is 65.8 Å². The van der Waals surface area contributed by atoms with Crippen LogP contribution in [0.3, 0.4) is 0 Å². The Bertz CT molecular complexity index is 1350. The number of hydrogen-bond acceptors (Lipinski definition) is 7. The molecule has 2 aromatic heterocycles. The molecule has 35 heavy (non-hydrogen) atoms. The van der Waals surface area contributed by atoms with Crippen LogP contribution in [0.4, 0.5) is 11.6 Å². The van der Waals surface area contributed by atoms with Gasteiger partial charge < -0.3 is 10.2 Å².